The molecule has 0 fully saturated rings. The summed E-state index contributed by atoms with van der Waals surface area (Å²) in [6.07, 6.45) is -2.16. The predicted molar refractivity (Wildman–Crippen MR) is 51.6 cm³/mol. The lowest BCUT2D eigenvalue weighted by Gasteiger charge is -2.05. The van der Waals surface area contributed by atoms with E-state index >= 15 is 0 Å². The number of pyridine rings is 1. The fourth-order valence-corrected chi connectivity index (χ4v) is 1.52. The van der Waals surface area contributed by atoms with Gasteiger partial charge in [0.15, 0.2) is 0 Å². The summed E-state index contributed by atoms with van der Waals surface area (Å²) in [7, 11) is 0. The minimum Gasteiger partial charge on any atom is -0.477 e. The molecule has 0 aliphatic rings. The van der Waals surface area contributed by atoms with Gasteiger partial charge >= 0.3 is 5.97 Å². The number of alkyl halides is 3. The van der Waals surface area contributed by atoms with Crippen molar-refractivity contribution in [2.45, 2.75) is 11.8 Å². The molecule has 2 N–H and O–H groups in total. The first kappa shape index (κ1) is 11.8. The van der Waals surface area contributed by atoms with Gasteiger partial charge in [0.25, 0.3) is 6.43 Å². The molecule has 0 aliphatic heterocycles. The summed E-state index contributed by atoms with van der Waals surface area (Å²) in [5, 5.41) is 8.77. The molecule has 0 aliphatic carbocycles. The van der Waals surface area contributed by atoms with Gasteiger partial charge in [-0.1, -0.05) is 15.9 Å². The van der Waals surface area contributed by atoms with Crippen molar-refractivity contribution in [1.29, 1.82) is 0 Å². The Bertz CT molecular complexity index is 444. The fourth-order valence-electron chi connectivity index (χ4n) is 1.08. The number of hydrogen-bond donors (Lipinski definition) is 2. The number of rotatable bonds is 3. The number of nitrogens with one attached hydrogen (secondary N) is 1. The minimum absolute atomic E-state index is 0.0666. The lowest BCUT2D eigenvalue weighted by atomic mass is 10.1. The molecule has 0 unspecified atom stereocenters. The van der Waals surface area contributed by atoms with Crippen LogP contribution >= 0.6 is 15.9 Å². The molecule has 0 amide bonds. The average Bonchev–Trinajstić information content (AvgIpc) is 2.15. The number of aromatic carboxylic acids is 1. The molecule has 82 valence electrons. The first-order chi connectivity index (χ1) is 6.99. The lowest BCUT2D eigenvalue weighted by Crippen LogP contribution is -2.22. The van der Waals surface area contributed by atoms with Crippen LogP contribution in [-0.4, -0.2) is 16.1 Å². The first-order valence-corrected chi connectivity index (χ1v) is 4.93. The van der Waals surface area contributed by atoms with Crippen LogP contribution in [0.2, 0.25) is 0 Å². The third-order valence-corrected chi connectivity index (χ3v) is 2.34. The van der Waals surface area contributed by atoms with Crippen LogP contribution in [0.3, 0.4) is 0 Å². The molecule has 1 heterocycles. The Balaban J connectivity index is 3.50. The third-order valence-electron chi connectivity index (χ3n) is 1.78. The maximum atomic E-state index is 12.3. The Hall–Kier alpha value is -1.24. The minimum atomic E-state index is -2.99. The second-order valence-corrected chi connectivity index (χ2v) is 3.23. The lowest BCUT2D eigenvalue weighted by molar-refractivity contribution is 0.0693. The van der Waals surface area contributed by atoms with E-state index in [0.717, 1.165) is 6.20 Å². The monoisotopic (exact) mass is 281 g/mol. The van der Waals surface area contributed by atoms with Crippen molar-refractivity contribution in [3.8, 4) is 0 Å². The number of hydrogen-bond acceptors (Lipinski definition) is 2. The van der Waals surface area contributed by atoms with Crippen LogP contribution in [0.15, 0.2) is 11.0 Å². The van der Waals surface area contributed by atoms with Crippen molar-refractivity contribution in [3.63, 3.8) is 0 Å². The molecule has 4 nitrogen and oxygen atoms in total. The highest BCUT2D eigenvalue weighted by Crippen LogP contribution is 2.16. The molecule has 0 saturated heterocycles. The summed E-state index contributed by atoms with van der Waals surface area (Å²) >= 11 is 2.95. The maximum Gasteiger partial charge on any atom is 0.341 e. The summed E-state index contributed by atoms with van der Waals surface area (Å²) < 4.78 is 24.6. The van der Waals surface area contributed by atoms with Gasteiger partial charge in [-0.3, -0.25) is 4.79 Å². The van der Waals surface area contributed by atoms with Crippen LogP contribution in [0.1, 0.15) is 28.0 Å². The first-order valence-electron chi connectivity index (χ1n) is 3.81. The average molecular weight is 282 g/mol. The van der Waals surface area contributed by atoms with Gasteiger partial charge < -0.3 is 10.1 Å². The number of carboxylic acid groups (broad SMARTS) is 1. The molecular weight excluding hydrogens is 276 g/mol. The number of carbonyl (C=O) groups is 1. The molecule has 0 atom stereocenters. The third kappa shape index (κ3) is 2.23. The van der Waals surface area contributed by atoms with Crippen molar-refractivity contribution in [1.82, 2.24) is 4.98 Å². The Kier molecular flexibility index (Phi) is 3.57. The topological polar surface area (TPSA) is 70.2 Å². The number of halogens is 3. The van der Waals surface area contributed by atoms with Crippen molar-refractivity contribution in [2.75, 3.05) is 0 Å². The van der Waals surface area contributed by atoms with E-state index < -0.39 is 29.0 Å². The Morgan fingerprint density at radius 3 is 2.60 bits per heavy atom. The molecule has 1 rings (SSSR count). The number of aromatic nitrogens is 1. The van der Waals surface area contributed by atoms with E-state index in [9.17, 15) is 18.4 Å². The van der Waals surface area contributed by atoms with Crippen molar-refractivity contribution in [3.05, 3.63) is 33.2 Å². The smallest absolute Gasteiger partial charge is 0.341 e. The fraction of sp³-hybridized carbons (Fsp3) is 0.250. The van der Waals surface area contributed by atoms with Gasteiger partial charge in [-0.05, 0) is 0 Å². The molecule has 0 spiro atoms. The quantitative estimate of drug-likeness (QED) is 0.832. The summed E-state index contributed by atoms with van der Waals surface area (Å²) in [4.78, 5) is 24.4. The van der Waals surface area contributed by atoms with E-state index in [1.54, 1.807) is 0 Å². The standard InChI is InChI=1S/C8H6BrF2NO3/c9-1-4-5(8(14)15)6(13)3(2-12-4)7(10)11/h2,7H,1H2,(H,12,13)(H,14,15). The van der Waals surface area contributed by atoms with Gasteiger partial charge in [0.2, 0.25) is 5.43 Å². The van der Waals surface area contributed by atoms with Gasteiger partial charge in [0.1, 0.15) is 5.56 Å². The van der Waals surface area contributed by atoms with Crippen LogP contribution < -0.4 is 5.43 Å². The van der Waals surface area contributed by atoms with Crippen LogP contribution in [0.5, 0.6) is 0 Å². The van der Waals surface area contributed by atoms with Crippen molar-refractivity contribution in [2.24, 2.45) is 0 Å². The van der Waals surface area contributed by atoms with Crippen LogP contribution in [0.4, 0.5) is 8.78 Å². The van der Waals surface area contributed by atoms with Gasteiger partial charge in [-0.15, -0.1) is 0 Å². The molecule has 7 heteroatoms. The van der Waals surface area contributed by atoms with Crippen LogP contribution in [0.25, 0.3) is 0 Å². The largest absolute Gasteiger partial charge is 0.477 e. The highest BCUT2D eigenvalue weighted by atomic mass is 79.9. The number of aromatic amines is 1. The molecule has 1 aromatic heterocycles. The van der Waals surface area contributed by atoms with E-state index in [-0.39, 0.29) is 11.0 Å². The zero-order valence-electron chi connectivity index (χ0n) is 7.26. The van der Waals surface area contributed by atoms with Crippen molar-refractivity contribution < 1.29 is 18.7 Å². The summed E-state index contributed by atoms with van der Waals surface area (Å²) in [5.74, 6) is -1.52. The van der Waals surface area contributed by atoms with E-state index in [2.05, 4.69) is 20.9 Å². The van der Waals surface area contributed by atoms with E-state index in [1.165, 1.54) is 0 Å². The van der Waals surface area contributed by atoms with Gasteiger partial charge in [0, 0.05) is 17.2 Å². The highest BCUT2D eigenvalue weighted by molar-refractivity contribution is 9.08. The van der Waals surface area contributed by atoms with Gasteiger partial charge in [0.05, 0.1) is 5.56 Å². The molecule has 1 aromatic rings. The molecule has 0 bridgehead atoms. The summed E-state index contributed by atoms with van der Waals surface area (Å²) in [6, 6.07) is 0. The molecule has 0 saturated carbocycles. The Labute approximate surface area is 91.1 Å². The van der Waals surface area contributed by atoms with E-state index in [1.807, 2.05) is 0 Å². The number of carboxylic acids is 1. The van der Waals surface area contributed by atoms with E-state index in [0.29, 0.717) is 0 Å². The molecule has 0 radical (unpaired) electrons. The zero-order valence-corrected chi connectivity index (χ0v) is 8.85. The number of H-pyrrole nitrogens is 1. The molecule has 0 aromatic carbocycles. The Morgan fingerprint density at radius 1 is 1.60 bits per heavy atom. The maximum absolute atomic E-state index is 12.3. The SMILES string of the molecule is O=C(O)c1c(CBr)[nH]cc(C(F)F)c1=O. The Morgan fingerprint density at radius 2 is 2.20 bits per heavy atom. The van der Waals surface area contributed by atoms with Crippen LogP contribution in [-0.2, 0) is 5.33 Å². The zero-order chi connectivity index (χ0) is 11.6. The normalized spacial score (nSPS) is 10.7. The molecular formula is C8H6BrF2NO3. The second kappa shape index (κ2) is 4.52. The van der Waals surface area contributed by atoms with Crippen molar-refractivity contribution >= 4 is 21.9 Å². The van der Waals surface area contributed by atoms with E-state index in [4.69, 9.17) is 5.11 Å². The summed E-state index contributed by atoms with van der Waals surface area (Å²) in [6.45, 7) is 0. The van der Waals surface area contributed by atoms with Gasteiger partial charge in [-0.2, -0.15) is 0 Å². The van der Waals surface area contributed by atoms with Gasteiger partial charge in [-0.25, -0.2) is 13.6 Å². The predicted octanol–water partition coefficient (Wildman–Crippen LogP) is 1.91. The highest BCUT2D eigenvalue weighted by Gasteiger charge is 2.21. The van der Waals surface area contributed by atoms with Crippen LogP contribution in [0, 0.1) is 0 Å². The summed E-state index contributed by atoms with van der Waals surface area (Å²) in [5.41, 5.74) is -2.57. The second-order valence-electron chi connectivity index (χ2n) is 2.67. The molecule has 15 heavy (non-hydrogen) atoms.